The molecule has 2 N–H and O–H groups in total. The summed E-state index contributed by atoms with van der Waals surface area (Å²) in [5.74, 6) is 2.27. The first-order chi connectivity index (χ1) is 10.6. The number of aromatic amines is 1. The second kappa shape index (κ2) is 7.64. The van der Waals surface area contributed by atoms with Gasteiger partial charge in [0.25, 0.3) is 0 Å². The van der Waals surface area contributed by atoms with Gasteiger partial charge in [-0.25, -0.2) is 4.68 Å². The van der Waals surface area contributed by atoms with Crippen LogP contribution in [0.15, 0.2) is 16.6 Å². The van der Waals surface area contributed by atoms with Crippen molar-refractivity contribution in [1.29, 1.82) is 0 Å². The molecule has 22 heavy (non-hydrogen) atoms. The van der Waals surface area contributed by atoms with Crippen molar-refractivity contribution in [3.63, 3.8) is 0 Å². The molecule has 0 fully saturated rings. The van der Waals surface area contributed by atoms with Gasteiger partial charge >= 0.3 is 0 Å². The zero-order chi connectivity index (χ0) is 16.1. The van der Waals surface area contributed by atoms with Crippen LogP contribution < -0.4 is 14.9 Å². The second-order valence-electron chi connectivity index (χ2n) is 4.46. The van der Waals surface area contributed by atoms with E-state index in [-0.39, 0.29) is 0 Å². The van der Waals surface area contributed by atoms with E-state index in [4.69, 9.17) is 21.7 Å². The largest absolute Gasteiger partial charge is 0.493 e. The van der Waals surface area contributed by atoms with Crippen molar-refractivity contribution in [3.8, 4) is 11.5 Å². The molecule has 0 aliphatic carbocycles. The van der Waals surface area contributed by atoms with Crippen molar-refractivity contribution >= 4 is 28.1 Å². The molecule has 0 radical (unpaired) electrons. The minimum absolute atomic E-state index is 0.522. The predicted molar refractivity (Wildman–Crippen MR) is 91.7 cm³/mol. The number of H-pyrrole nitrogens is 1. The van der Waals surface area contributed by atoms with Gasteiger partial charge in [0.05, 0.1) is 20.3 Å². The molecule has 120 valence electrons. The Morgan fingerprint density at radius 1 is 1.41 bits per heavy atom. The highest BCUT2D eigenvalue weighted by Gasteiger charge is 2.15. The van der Waals surface area contributed by atoms with Gasteiger partial charge in [-0.15, -0.1) is 0 Å². The highest BCUT2D eigenvalue weighted by atomic mass is 79.9. The zero-order valence-electron chi connectivity index (χ0n) is 12.8. The molecule has 0 spiro atoms. The van der Waals surface area contributed by atoms with Gasteiger partial charge in [0.15, 0.2) is 17.3 Å². The molecule has 6 nitrogen and oxygen atoms in total. The molecule has 0 saturated carbocycles. The number of nitrogens with one attached hydrogen (secondary N) is 2. The van der Waals surface area contributed by atoms with Gasteiger partial charge in [-0.3, -0.25) is 5.10 Å². The molecule has 0 bridgehead atoms. The van der Waals surface area contributed by atoms with E-state index in [1.807, 2.05) is 26.0 Å². The third-order valence-electron chi connectivity index (χ3n) is 3.15. The Morgan fingerprint density at radius 3 is 2.82 bits per heavy atom. The SMILES string of the molecule is CCOc1c(OC)ccc(Br)c1CNn1c(CC)n[nH]c1=S. The van der Waals surface area contributed by atoms with Crippen LogP contribution in [0.2, 0.25) is 0 Å². The lowest BCUT2D eigenvalue weighted by atomic mass is 10.2. The molecular weight excluding hydrogens is 368 g/mol. The lowest BCUT2D eigenvalue weighted by Crippen LogP contribution is -2.18. The molecule has 1 aromatic heterocycles. The van der Waals surface area contributed by atoms with E-state index in [1.165, 1.54) is 0 Å². The summed E-state index contributed by atoms with van der Waals surface area (Å²) in [5, 5.41) is 6.96. The Balaban J connectivity index is 2.32. The molecule has 0 amide bonds. The first-order valence-corrected chi connectivity index (χ1v) is 8.20. The summed E-state index contributed by atoms with van der Waals surface area (Å²) in [5.41, 5.74) is 4.24. The topological polar surface area (TPSA) is 64.1 Å². The van der Waals surface area contributed by atoms with Crippen molar-refractivity contribution in [1.82, 2.24) is 14.9 Å². The average molecular weight is 387 g/mol. The van der Waals surface area contributed by atoms with Gasteiger partial charge in [0.1, 0.15) is 0 Å². The summed E-state index contributed by atoms with van der Waals surface area (Å²) in [6.07, 6.45) is 0.776. The summed E-state index contributed by atoms with van der Waals surface area (Å²) in [6.45, 7) is 5.05. The number of halogens is 1. The summed E-state index contributed by atoms with van der Waals surface area (Å²) < 4.78 is 14.4. The third-order valence-corrected chi connectivity index (χ3v) is 4.16. The van der Waals surface area contributed by atoms with Crippen LogP contribution >= 0.6 is 28.1 Å². The van der Waals surface area contributed by atoms with E-state index < -0.39 is 0 Å². The minimum atomic E-state index is 0.522. The predicted octanol–water partition coefficient (Wildman–Crippen LogP) is 3.42. The maximum absolute atomic E-state index is 5.74. The van der Waals surface area contributed by atoms with Crippen LogP contribution in [0.3, 0.4) is 0 Å². The smallest absolute Gasteiger partial charge is 0.214 e. The van der Waals surface area contributed by atoms with Crippen LogP contribution in [0.4, 0.5) is 0 Å². The van der Waals surface area contributed by atoms with Crippen molar-refractivity contribution in [2.24, 2.45) is 0 Å². The number of methoxy groups -OCH3 is 1. The van der Waals surface area contributed by atoms with Gasteiger partial charge in [0, 0.05) is 16.5 Å². The molecule has 0 atom stereocenters. The minimum Gasteiger partial charge on any atom is -0.493 e. The molecule has 1 aromatic carbocycles. The third kappa shape index (κ3) is 3.44. The van der Waals surface area contributed by atoms with Crippen LogP contribution in [0, 0.1) is 4.77 Å². The molecule has 2 aromatic rings. The number of hydrogen-bond donors (Lipinski definition) is 2. The van der Waals surface area contributed by atoms with Crippen molar-refractivity contribution < 1.29 is 9.47 Å². The number of aryl methyl sites for hydroxylation is 1. The van der Waals surface area contributed by atoms with Crippen LogP contribution in [-0.2, 0) is 13.0 Å². The first kappa shape index (κ1) is 16.8. The van der Waals surface area contributed by atoms with E-state index in [2.05, 4.69) is 31.6 Å². The number of nitrogens with zero attached hydrogens (tertiary/aromatic N) is 2. The Hall–Kier alpha value is -1.54. The number of aromatic nitrogens is 3. The Bertz CT molecular complexity index is 699. The van der Waals surface area contributed by atoms with E-state index in [0.29, 0.717) is 23.7 Å². The maximum Gasteiger partial charge on any atom is 0.214 e. The average Bonchev–Trinajstić information content (AvgIpc) is 2.87. The molecule has 0 unspecified atom stereocenters. The van der Waals surface area contributed by atoms with Crippen LogP contribution in [0.1, 0.15) is 25.2 Å². The van der Waals surface area contributed by atoms with Crippen LogP contribution in [-0.4, -0.2) is 28.6 Å². The monoisotopic (exact) mass is 386 g/mol. The Labute approximate surface area is 142 Å². The number of benzene rings is 1. The van der Waals surface area contributed by atoms with Gasteiger partial charge in [-0.2, -0.15) is 5.10 Å². The quantitative estimate of drug-likeness (QED) is 0.713. The first-order valence-electron chi connectivity index (χ1n) is 7.00. The van der Waals surface area contributed by atoms with E-state index >= 15 is 0 Å². The molecule has 8 heteroatoms. The summed E-state index contributed by atoms with van der Waals surface area (Å²) in [6, 6.07) is 3.81. The Morgan fingerprint density at radius 2 is 2.18 bits per heavy atom. The van der Waals surface area contributed by atoms with Crippen molar-refractivity contribution in [2.75, 3.05) is 19.1 Å². The second-order valence-corrected chi connectivity index (χ2v) is 5.70. The molecular formula is C14H19BrN4O2S. The maximum atomic E-state index is 5.74. The molecule has 1 heterocycles. The van der Waals surface area contributed by atoms with Gasteiger partial charge < -0.3 is 14.9 Å². The standard InChI is InChI=1S/C14H19BrN4O2S/c1-4-12-17-18-14(22)19(12)16-8-9-10(15)6-7-11(20-3)13(9)21-5-2/h6-7,16H,4-5,8H2,1-3H3,(H,18,22). The van der Waals surface area contributed by atoms with E-state index in [9.17, 15) is 0 Å². The summed E-state index contributed by atoms with van der Waals surface area (Å²) >= 11 is 8.80. The summed E-state index contributed by atoms with van der Waals surface area (Å²) in [4.78, 5) is 0. The lowest BCUT2D eigenvalue weighted by Gasteiger charge is -2.17. The highest BCUT2D eigenvalue weighted by Crippen LogP contribution is 2.36. The Kier molecular flexibility index (Phi) is 5.84. The molecule has 0 saturated heterocycles. The zero-order valence-corrected chi connectivity index (χ0v) is 15.2. The fourth-order valence-electron chi connectivity index (χ4n) is 2.10. The van der Waals surface area contributed by atoms with Crippen LogP contribution in [0.25, 0.3) is 0 Å². The van der Waals surface area contributed by atoms with Gasteiger partial charge in [-0.1, -0.05) is 22.9 Å². The van der Waals surface area contributed by atoms with Crippen LogP contribution in [0.5, 0.6) is 11.5 Å². The number of rotatable bonds is 7. The van der Waals surface area contributed by atoms with Gasteiger partial charge in [0.2, 0.25) is 4.77 Å². The summed E-state index contributed by atoms with van der Waals surface area (Å²) in [7, 11) is 1.63. The number of ether oxygens (including phenoxy) is 2. The van der Waals surface area contributed by atoms with Crippen molar-refractivity contribution in [3.05, 3.63) is 32.8 Å². The lowest BCUT2D eigenvalue weighted by molar-refractivity contribution is 0.307. The fourth-order valence-corrected chi connectivity index (χ4v) is 2.77. The highest BCUT2D eigenvalue weighted by molar-refractivity contribution is 9.10. The molecule has 2 rings (SSSR count). The molecule has 0 aliphatic rings. The van der Waals surface area contributed by atoms with Crippen molar-refractivity contribution in [2.45, 2.75) is 26.8 Å². The van der Waals surface area contributed by atoms with Gasteiger partial charge in [-0.05, 0) is 31.3 Å². The van der Waals surface area contributed by atoms with E-state index in [1.54, 1.807) is 11.8 Å². The normalized spacial score (nSPS) is 10.5. The number of hydrogen-bond acceptors (Lipinski definition) is 5. The molecule has 0 aliphatic heterocycles. The van der Waals surface area contributed by atoms with E-state index in [0.717, 1.165) is 28.0 Å². The fraction of sp³-hybridized carbons (Fsp3) is 0.429.